The summed E-state index contributed by atoms with van der Waals surface area (Å²) in [6.45, 7) is 10.1. The van der Waals surface area contributed by atoms with Crippen LogP contribution in [-0.2, 0) is 14.3 Å². The molecule has 0 radical (unpaired) electrons. The number of nitrogens with zero attached hydrogens (tertiary/aromatic N) is 2. The van der Waals surface area contributed by atoms with Gasteiger partial charge in [0.25, 0.3) is 0 Å². The first kappa shape index (κ1) is 28.7. The van der Waals surface area contributed by atoms with Crippen LogP contribution in [0.5, 0.6) is 0 Å². The van der Waals surface area contributed by atoms with E-state index in [1.165, 1.54) is 4.90 Å². The molecule has 1 rings (SSSR count). The minimum atomic E-state index is -0.535. The molecule has 0 aromatic rings. The van der Waals surface area contributed by atoms with E-state index >= 15 is 0 Å². The standard InChI is InChI=1S/C20H39N5O4.HI/c1-7-28-12-8-11-21-18(23-14-17(26)25(5)6)22-13-16(15-9-10-15)24-19(27)29-20(2,3)4;/h15-16H,7-14H2,1-6H3,(H,24,27)(H2,21,22,23);1H. The lowest BCUT2D eigenvalue weighted by Gasteiger charge is -2.24. The van der Waals surface area contributed by atoms with Crippen LogP contribution in [0.15, 0.2) is 4.99 Å². The van der Waals surface area contributed by atoms with Gasteiger partial charge in [-0.3, -0.25) is 4.79 Å². The van der Waals surface area contributed by atoms with Gasteiger partial charge < -0.3 is 30.3 Å². The Kier molecular flexibility index (Phi) is 14.0. The second-order valence-corrected chi connectivity index (χ2v) is 8.40. The van der Waals surface area contributed by atoms with Gasteiger partial charge in [0.15, 0.2) is 5.96 Å². The van der Waals surface area contributed by atoms with Gasteiger partial charge in [-0.2, -0.15) is 0 Å². The number of guanidine groups is 1. The summed E-state index contributed by atoms with van der Waals surface area (Å²) in [5.41, 5.74) is -0.535. The van der Waals surface area contributed by atoms with Gasteiger partial charge >= 0.3 is 6.09 Å². The van der Waals surface area contributed by atoms with Crippen molar-refractivity contribution >= 4 is 41.9 Å². The van der Waals surface area contributed by atoms with E-state index in [4.69, 9.17) is 9.47 Å². The van der Waals surface area contributed by atoms with E-state index in [0.29, 0.717) is 38.2 Å². The zero-order chi connectivity index (χ0) is 21.9. The third-order valence-corrected chi connectivity index (χ3v) is 4.22. The largest absolute Gasteiger partial charge is 0.444 e. The molecule has 1 saturated carbocycles. The molecule has 3 N–H and O–H groups in total. The van der Waals surface area contributed by atoms with Crippen LogP contribution in [0, 0.1) is 5.92 Å². The zero-order valence-corrected chi connectivity index (χ0v) is 21.6. The van der Waals surface area contributed by atoms with Crippen LogP contribution < -0.4 is 16.0 Å². The van der Waals surface area contributed by atoms with Crippen LogP contribution >= 0.6 is 24.0 Å². The van der Waals surface area contributed by atoms with Gasteiger partial charge in [0, 0.05) is 40.4 Å². The lowest BCUT2D eigenvalue weighted by Crippen LogP contribution is -2.49. The van der Waals surface area contributed by atoms with Crippen molar-refractivity contribution < 1.29 is 19.1 Å². The topological polar surface area (TPSA) is 104 Å². The van der Waals surface area contributed by atoms with Crippen molar-refractivity contribution in [3.8, 4) is 0 Å². The lowest BCUT2D eigenvalue weighted by atomic mass is 10.2. The molecule has 0 bridgehead atoms. The maximum atomic E-state index is 12.1. The third-order valence-electron chi connectivity index (χ3n) is 4.22. The first-order valence-electron chi connectivity index (χ1n) is 10.4. The second kappa shape index (κ2) is 14.7. The first-order valence-corrected chi connectivity index (χ1v) is 10.4. The van der Waals surface area contributed by atoms with E-state index in [1.807, 2.05) is 27.7 Å². The fourth-order valence-electron chi connectivity index (χ4n) is 2.49. The molecule has 1 aliphatic carbocycles. The van der Waals surface area contributed by atoms with Crippen molar-refractivity contribution in [2.75, 3.05) is 46.9 Å². The number of rotatable bonds is 11. The normalized spacial score (nSPS) is 14.9. The Labute approximate surface area is 198 Å². The number of hydrogen-bond acceptors (Lipinski definition) is 5. The highest BCUT2D eigenvalue weighted by Gasteiger charge is 2.33. The molecule has 1 atom stereocenters. The highest BCUT2D eigenvalue weighted by molar-refractivity contribution is 14.0. The molecular weight excluding hydrogens is 501 g/mol. The van der Waals surface area contributed by atoms with E-state index < -0.39 is 11.7 Å². The van der Waals surface area contributed by atoms with E-state index in [2.05, 4.69) is 20.9 Å². The van der Waals surface area contributed by atoms with E-state index in [-0.39, 0.29) is 42.5 Å². The summed E-state index contributed by atoms with van der Waals surface area (Å²) in [4.78, 5) is 29.9. The summed E-state index contributed by atoms with van der Waals surface area (Å²) in [7, 11) is 3.41. The number of nitrogens with one attached hydrogen (secondary N) is 3. The summed E-state index contributed by atoms with van der Waals surface area (Å²) < 4.78 is 10.7. The van der Waals surface area contributed by atoms with Gasteiger partial charge in [-0.25, -0.2) is 9.79 Å². The summed E-state index contributed by atoms with van der Waals surface area (Å²) in [6.07, 6.45) is 2.57. The molecule has 176 valence electrons. The number of likely N-dealkylation sites (N-methyl/N-ethyl adjacent to an activating group) is 1. The molecule has 1 unspecified atom stereocenters. The molecule has 10 heteroatoms. The number of aliphatic imine (C=N–C) groups is 1. The Morgan fingerprint density at radius 1 is 1.20 bits per heavy atom. The van der Waals surface area contributed by atoms with Gasteiger partial charge in [0.05, 0.1) is 6.04 Å². The van der Waals surface area contributed by atoms with Gasteiger partial charge in [0.2, 0.25) is 5.91 Å². The van der Waals surface area contributed by atoms with Crippen molar-refractivity contribution in [1.29, 1.82) is 0 Å². The van der Waals surface area contributed by atoms with Crippen molar-refractivity contribution in [2.45, 2.75) is 58.6 Å². The Balaban J connectivity index is 0.00000841. The zero-order valence-electron chi connectivity index (χ0n) is 19.2. The molecule has 0 saturated heterocycles. The highest BCUT2D eigenvalue weighted by atomic mass is 127. The minimum absolute atomic E-state index is 0. The van der Waals surface area contributed by atoms with Crippen LogP contribution in [0.3, 0.4) is 0 Å². The Morgan fingerprint density at radius 3 is 2.40 bits per heavy atom. The molecule has 1 aliphatic rings. The van der Waals surface area contributed by atoms with Crippen LogP contribution in [0.1, 0.15) is 47.0 Å². The third kappa shape index (κ3) is 13.8. The number of amides is 2. The monoisotopic (exact) mass is 541 g/mol. The maximum absolute atomic E-state index is 12.1. The number of alkyl carbamates (subject to hydrolysis) is 1. The summed E-state index contributed by atoms with van der Waals surface area (Å²) >= 11 is 0. The molecule has 0 aromatic heterocycles. The van der Waals surface area contributed by atoms with E-state index in [0.717, 1.165) is 19.3 Å². The average molecular weight is 541 g/mol. The molecular formula is C20H40IN5O4. The number of hydrogen-bond donors (Lipinski definition) is 3. The minimum Gasteiger partial charge on any atom is -0.444 e. The molecule has 9 nitrogen and oxygen atoms in total. The molecule has 0 spiro atoms. The molecule has 0 heterocycles. The molecule has 0 aliphatic heterocycles. The summed E-state index contributed by atoms with van der Waals surface area (Å²) in [5.74, 6) is 0.900. The molecule has 0 aromatic carbocycles. The van der Waals surface area contributed by atoms with Crippen LogP contribution in [0.25, 0.3) is 0 Å². The molecule has 1 fully saturated rings. The summed E-state index contributed by atoms with van der Waals surface area (Å²) in [5, 5.41) is 9.43. The Hall–Kier alpha value is -1.30. The van der Waals surface area contributed by atoms with Crippen molar-refractivity contribution in [3.05, 3.63) is 0 Å². The predicted molar refractivity (Wildman–Crippen MR) is 129 cm³/mol. The Morgan fingerprint density at radius 2 is 1.87 bits per heavy atom. The predicted octanol–water partition coefficient (Wildman–Crippen LogP) is 1.96. The van der Waals surface area contributed by atoms with Crippen molar-refractivity contribution in [2.24, 2.45) is 10.9 Å². The Bertz CT molecular complexity index is 548. The quantitative estimate of drug-likeness (QED) is 0.160. The van der Waals surface area contributed by atoms with Crippen LogP contribution in [0.2, 0.25) is 0 Å². The molecule has 2 amide bonds. The van der Waals surface area contributed by atoms with Gasteiger partial charge in [-0.1, -0.05) is 0 Å². The van der Waals surface area contributed by atoms with Crippen molar-refractivity contribution in [3.63, 3.8) is 0 Å². The lowest BCUT2D eigenvalue weighted by molar-refractivity contribution is -0.127. The smallest absolute Gasteiger partial charge is 0.407 e. The fraction of sp³-hybridized carbons (Fsp3) is 0.850. The van der Waals surface area contributed by atoms with Crippen LogP contribution in [-0.4, -0.2) is 81.4 Å². The average Bonchev–Trinajstić information content (AvgIpc) is 3.44. The number of halogens is 1. The first-order chi connectivity index (χ1) is 13.6. The van der Waals surface area contributed by atoms with Crippen molar-refractivity contribution in [1.82, 2.24) is 20.9 Å². The SMILES string of the molecule is CCOCCCNC(=NCC(=O)N(C)C)NCC(NC(=O)OC(C)(C)C)C1CC1.I. The fourth-order valence-corrected chi connectivity index (χ4v) is 2.49. The highest BCUT2D eigenvalue weighted by Crippen LogP contribution is 2.32. The second-order valence-electron chi connectivity index (χ2n) is 8.40. The number of carbonyl (C=O) groups is 2. The van der Waals surface area contributed by atoms with Gasteiger partial charge in [-0.15, -0.1) is 24.0 Å². The number of ether oxygens (including phenoxy) is 2. The van der Waals surface area contributed by atoms with E-state index in [9.17, 15) is 9.59 Å². The van der Waals surface area contributed by atoms with Crippen LogP contribution in [0.4, 0.5) is 4.79 Å². The number of carbonyl (C=O) groups excluding carboxylic acids is 2. The maximum Gasteiger partial charge on any atom is 0.407 e. The van der Waals surface area contributed by atoms with Gasteiger partial charge in [0.1, 0.15) is 12.1 Å². The summed E-state index contributed by atoms with van der Waals surface area (Å²) in [6, 6.07) is -0.0511. The van der Waals surface area contributed by atoms with E-state index in [1.54, 1.807) is 14.1 Å². The van der Waals surface area contributed by atoms with Gasteiger partial charge in [-0.05, 0) is 52.9 Å². The molecule has 30 heavy (non-hydrogen) atoms.